The summed E-state index contributed by atoms with van der Waals surface area (Å²) in [4.78, 5) is 14.0. The van der Waals surface area contributed by atoms with Crippen LogP contribution in [0.15, 0.2) is 36.4 Å². The molecule has 6 heteroatoms. The summed E-state index contributed by atoms with van der Waals surface area (Å²) in [5, 5.41) is 21.8. The van der Waals surface area contributed by atoms with Gasteiger partial charge in [-0.3, -0.25) is 4.79 Å². The van der Waals surface area contributed by atoms with E-state index in [1.807, 2.05) is 6.07 Å². The van der Waals surface area contributed by atoms with Crippen LogP contribution in [0.1, 0.15) is 30.4 Å². The number of carbonyl (C=O) groups excluding carboxylic acids is 1. The number of benzene rings is 2. The smallest absolute Gasteiger partial charge is 0.227 e. The molecule has 0 atom stereocenters. The third-order valence-electron chi connectivity index (χ3n) is 4.37. The standard InChI is InChI=1S/C20H18N4O2/c1-26-18-9-8-16(11-17(18)24-10-3-2-7-19(24)25)23-20-14(12-21)5-4-6-15(20)13-22/h4-6,8-9,11,23H,2-3,7,10H2,1H3. The number of hydrogen-bond donors (Lipinski definition) is 1. The lowest BCUT2D eigenvalue weighted by molar-refractivity contribution is -0.119. The molecule has 26 heavy (non-hydrogen) atoms. The first-order chi connectivity index (χ1) is 12.7. The number of nitrogens with zero attached hydrogens (tertiary/aromatic N) is 3. The average Bonchev–Trinajstić information content (AvgIpc) is 2.68. The average molecular weight is 346 g/mol. The van der Waals surface area contributed by atoms with Crippen molar-refractivity contribution in [2.45, 2.75) is 19.3 Å². The van der Waals surface area contributed by atoms with Crippen LogP contribution in [0.3, 0.4) is 0 Å². The van der Waals surface area contributed by atoms with Gasteiger partial charge in [0.05, 0.1) is 29.6 Å². The van der Waals surface area contributed by atoms with E-state index >= 15 is 0 Å². The van der Waals surface area contributed by atoms with Crippen LogP contribution in [0.25, 0.3) is 0 Å². The molecule has 1 aliphatic rings. The first-order valence-electron chi connectivity index (χ1n) is 8.36. The van der Waals surface area contributed by atoms with Gasteiger partial charge in [-0.2, -0.15) is 10.5 Å². The maximum atomic E-state index is 12.3. The van der Waals surface area contributed by atoms with Gasteiger partial charge in [0.2, 0.25) is 5.91 Å². The van der Waals surface area contributed by atoms with Gasteiger partial charge in [0.25, 0.3) is 0 Å². The van der Waals surface area contributed by atoms with Crippen LogP contribution in [-0.2, 0) is 4.79 Å². The predicted octanol–water partition coefficient (Wildman–Crippen LogP) is 3.70. The van der Waals surface area contributed by atoms with Crippen molar-refractivity contribution in [3.05, 3.63) is 47.5 Å². The van der Waals surface area contributed by atoms with Crippen LogP contribution in [0, 0.1) is 22.7 Å². The molecule has 130 valence electrons. The highest BCUT2D eigenvalue weighted by atomic mass is 16.5. The van der Waals surface area contributed by atoms with E-state index < -0.39 is 0 Å². The predicted molar refractivity (Wildman–Crippen MR) is 98.4 cm³/mol. The number of ether oxygens (including phenoxy) is 1. The molecule has 1 N–H and O–H groups in total. The summed E-state index contributed by atoms with van der Waals surface area (Å²) in [5.74, 6) is 0.682. The molecule has 2 aromatic rings. The molecular formula is C20H18N4O2. The van der Waals surface area contributed by atoms with Crippen LogP contribution in [0.2, 0.25) is 0 Å². The molecule has 0 radical (unpaired) electrons. The zero-order valence-electron chi connectivity index (χ0n) is 14.5. The number of rotatable bonds is 4. The number of hydrogen-bond acceptors (Lipinski definition) is 5. The van der Waals surface area contributed by atoms with Gasteiger partial charge < -0.3 is 15.0 Å². The van der Waals surface area contributed by atoms with Crippen molar-refractivity contribution in [3.8, 4) is 17.9 Å². The summed E-state index contributed by atoms with van der Waals surface area (Å²) in [6.07, 6.45) is 2.37. The fraction of sp³-hybridized carbons (Fsp3) is 0.250. The molecule has 0 unspecified atom stereocenters. The Morgan fingerprint density at radius 1 is 1.12 bits per heavy atom. The normalized spacial score (nSPS) is 13.7. The van der Waals surface area contributed by atoms with E-state index in [1.54, 1.807) is 42.3 Å². The van der Waals surface area contributed by atoms with Gasteiger partial charge in [-0.25, -0.2) is 0 Å². The lowest BCUT2D eigenvalue weighted by atomic mass is 10.1. The Kier molecular flexibility index (Phi) is 5.05. The lowest BCUT2D eigenvalue weighted by Crippen LogP contribution is -2.35. The maximum absolute atomic E-state index is 12.3. The van der Waals surface area contributed by atoms with Gasteiger partial charge >= 0.3 is 0 Å². The highest BCUT2D eigenvalue weighted by Gasteiger charge is 2.23. The number of piperidine rings is 1. The summed E-state index contributed by atoms with van der Waals surface area (Å²) in [6, 6.07) is 14.6. The first-order valence-corrected chi connectivity index (χ1v) is 8.36. The van der Waals surface area contributed by atoms with Crippen LogP contribution >= 0.6 is 0 Å². The fourth-order valence-corrected chi connectivity index (χ4v) is 3.06. The zero-order chi connectivity index (χ0) is 18.5. The molecule has 1 heterocycles. The summed E-state index contributed by atoms with van der Waals surface area (Å²) in [7, 11) is 1.57. The monoisotopic (exact) mass is 346 g/mol. The lowest BCUT2D eigenvalue weighted by Gasteiger charge is -2.28. The molecule has 0 saturated carbocycles. The Morgan fingerprint density at radius 2 is 1.85 bits per heavy atom. The van der Waals surface area contributed by atoms with E-state index in [4.69, 9.17) is 4.74 Å². The minimum Gasteiger partial charge on any atom is -0.495 e. The number of nitrogens with one attached hydrogen (secondary N) is 1. The maximum Gasteiger partial charge on any atom is 0.227 e. The molecule has 0 spiro atoms. The van der Waals surface area contributed by atoms with Gasteiger partial charge in [-0.1, -0.05) is 6.07 Å². The van der Waals surface area contributed by atoms with Gasteiger partial charge in [0.1, 0.15) is 17.9 Å². The van der Waals surface area contributed by atoms with Gasteiger partial charge in [-0.15, -0.1) is 0 Å². The first kappa shape index (κ1) is 17.3. The Balaban J connectivity index is 2.01. The third-order valence-corrected chi connectivity index (χ3v) is 4.37. The number of para-hydroxylation sites is 1. The number of nitriles is 2. The zero-order valence-corrected chi connectivity index (χ0v) is 14.5. The Morgan fingerprint density at radius 3 is 2.46 bits per heavy atom. The van der Waals surface area contributed by atoms with E-state index in [9.17, 15) is 15.3 Å². The quantitative estimate of drug-likeness (QED) is 0.912. The van der Waals surface area contributed by atoms with Crippen LogP contribution < -0.4 is 15.0 Å². The molecule has 3 rings (SSSR count). The second-order valence-electron chi connectivity index (χ2n) is 5.97. The largest absolute Gasteiger partial charge is 0.495 e. The van der Waals surface area contributed by atoms with Crippen molar-refractivity contribution < 1.29 is 9.53 Å². The van der Waals surface area contributed by atoms with Crippen molar-refractivity contribution in [2.24, 2.45) is 0 Å². The fourth-order valence-electron chi connectivity index (χ4n) is 3.06. The van der Waals surface area contributed by atoms with Gasteiger partial charge in [0.15, 0.2) is 0 Å². The SMILES string of the molecule is COc1ccc(Nc2c(C#N)cccc2C#N)cc1N1CCCCC1=O. The molecule has 1 saturated heterocycles. The number of anilines is 3. The highest BCUT2D eigenvalue weighted by Crippen LogP contribution is 2.35. The summed E-state index contributed by atoms with van der Waals surface area (Å²) < 4.78 is 5.42. The molecular weight excluding hydrogens is 328 g/mol. The molecule has 0 aromatic heterocycles. The Bertz CT molecular complexity index is 892. The summed E-state index contributed by atoms with van der Waals surface area (Å²) >= 11 is 0. The van der Waals surface area contributed by atoms with Crippen LogP contribution in [0.5, 0.6) is 5.75 Å². The van der Waals surface area contributed by atoms with Crippen molar-refractivity contribution in [1.29, 1.82) is 10.5 Å². The molecule has 0 aliphatic carbocycles. The number of carbonyl (C=O) groups is 1. The molecule has 6 nitrogen and oxygen atoms in total. The summed E-state index contributed by atoms with van der Waals surface area (Å²) in [6.45, 7) is 0.650. The van der Waals surface area contributed by atoms with Crippen LogP contribution in [-0.4, -0.2) is 19.6 Å². The molecule has 2 aromatic carbocycles. The molecule has 1 amide bonds. The topological polar surface area (TPSA) is 89.2 Å². The van der Waals surface area contributed by atoms with Crippen molar-refractivity contribution >= 4 is 23.0 Å². The van der Waals surface area contributed by atoms with Crippen LogP contribution in [0.4, 0.5) is 17.1 Å². The van der Waals surface area contributed by atoms with E-state index in [2.05, 4.69) is 17.5 Å². The Labute approximate surface area is 152 Å². The molecule has 0 bridgehead atoms. The minimum atomic E-state index is 0.0711. The van der Waals surface area contributed by atoms with Gasteiger partial charge in [0, 0.05) is 18.7 Å². The minimum absolute atomic E-state index is 0.0711. The molecule has 1 fully saturated rings. The third kappa shape index (κ3) is 3.31. The van der Waals surface area contributed by atoms with Gasteiger partial charge in [-0.05, 0) is 43.2 Å². The van der Waals surface area contributed by atoms with E-state index in [1.165, 1.54) is 0 Å². The second-order valence-corrected chi connectivity index (χ2v) is 5.97. The van der Waals surface area contributed by atoms with E-state index in [-0.39, 0.29) is 5.91 Å². The van der Waals surface area contributed by atoms with E-state index in [0.717, 1.165) is 12.8 Å². The molecule has 1 aliphatic heterocycles. The summed E-state index contributed by atoms with van der Waals surface area (Å²) in [5.41, 5.74) is 2.60. The van der Waals surface area contributed by atoms with Crippen molar-refractivity contribution in [1.82, 2.24) is 0 Å². The Hall–Kier alpha value is -3.51. The number of amides is 1. The van der Waals surface area contributed by atoms with E-state index in [0.29, 0.717) is 46.9 Å². The van der Waals surface area contributed by atoms with Crippen molar-refractivity contribution in [2.75, 3.05) is 23.9 Å². The number of methoxy groups -OCH3 is 1. The second kappa shape index (κ2) is 7.58. The highest BCUT2D eigenvalue weighted by molar-refractivity contribution is 5.96. The van der Waals surface area contributed by atoms with Crippen molar-refractivity contribution in [3.63, 3.8) is 0 Å².